The van der Waals surface area contributed by atoms with Gasteiger partial charge in [-0.05, 0) is 32.2 Å². The van der Waals surface area contributed by atoms with Crippen LogP contribution in [0.25, 0.3) is 0 Å². The standard InChI is InChI=1S/C11H22N2O2/c1-2-6-13-11(9-10(12)14)4-3-7-15-8-5-11/h13H,2-9H2,1H3,(H2,12,14). The van der Waals surface area contributed by atoms with E-state index in [0.717, 1.165) is 45.4 Å². The molecule has 0 aromatic rings. The predicted octanol–water partition coefficient (Wildman–Crippen LogP) is 0.801. The minimum atomic E-state index is -0.222. The first-order chi connectivity index (χ1) is 7.18. The molecule has 1 unspecified atom stereocenters. The molecule has 3 N–H and O–H groups in total. The van der Waals surface area contributed by atoms with E-state index in [2.05, 4.69) is 12.2 Å². The number of nitrogens with one attached hydrogen (secondary N) is 1. The average Bonchev–Trinajstić information content (AvgIpc) is 2.40. The van der Waals surface area contributed by atoms with Crippen LogP contribution in [0.15, 0.2) is 0 Å². The molecule has 1 aliphatic heterocycles. The van der Waals surface area contributed by atoms with Crippen molar-refractivity contribution in [3.8, 4) is 0 Å². The first-order valence-corrected chi connectivity index (χ1v) is 5.80. The molecule has 0 aromatic carbocycles. The molecule has 4 heteroatoms. The minimum Gasteiger partial charge on any atom is -0.381 e. The number of hydrogen-bond donors (Lipinski definition) is 2. The Labute approximate surface area is 91.5 Å². The molecule has 0 aromatic heterocycles. The van der Waals surface area contributed by atoms with Gasteiger partial charge in [-0.15, -0.1) is 0 Å². The zero-order valence-corrected chi connectivity index (χ0v) is 9.55. The van der Waals surface area contributed by atoms with Crippen molar-refractivity contribution in [1.82, 2.24) is 5.32 Å². The van der Waals surface area contributed by atoms with E-state index in [1.807, 2.05) is 0 Å². The van der Waals surface area contributed by atoms with Gasteiger partial charge in [0.2, 0.25) is 5.91 Å². The van der Waals surface area contributed by atoms with Crippen LogP contribution in [0.5, 0.6) is 0 Å². The number of ether oxygens (including phenoxy) is 1. The van der Waals surface area contributed by atoms with Gasteiger partial charge in [0.15, 0.2) is 0 Å². The van der Waals surface area contributed by atoms with E-state index in [1.165, 1.54) is 0 Å². The molecule has 0 aliphatic carbocycles. The largest absolute Gasteiger partial charge is 0.381 e. The summed E-state index contributed by atoms with van der Waals surface area (Å²) in [5, 5.41) is 3.48. The topological polar surface area (TPSA) is 64.3 Å². The molecular formula is C11H22N2O2. The molecule has 1 amide bonds. The van der Waals surface area contributed by atoms with Gasteiger partial charge in [-0.3, -0.25) is 4.79 Å². The molecule has 1 atom stereocenters. The summed E-state index contributed by atoms with van der Waals surface area (Å²) in [7, 11) is 0. The van der Waals surface area contributed by atoms with Gasteiger partial charge >= 0.3 is 0 Å². The summed E-state index contributed by atoms with van der Waals surface area (Å²) in [5.74, 6) is -0.222. The summed E-state index contributed by atoms with van der Waals surface area (Å²) in [6.45, 7) is 4.59. The second kappa shape index (κ2) is 6.08. The van der Waals surface area contributed by atoms with Gasteiger partial charge in [-0.1, -0.05) is 6.92 Å². The third-order valence-corrected chi connectivity index (χ3v) is 2.93. The fourth-order valence-corrected chi connectivity index (χ4v) is 2.15. The van der Waals surface area contributed by atoms with Gasteiger partial charge in [0.05, 0.1) is 0 Å². The molecule has 4 nitrogen and oxygen atoms in total. The van der Waals surface area contributed by atoms with Crippen LogP contribution >= 0.6 is 0 Å². The van der Waals surface area contributed by atoms with Crippen LogP contribution in [0.1, 0.15) is 39.0 Å². The second-order valence-electron chi connectivity index (χ2n) is 4.32. The van der Waals surface area contributed by atoms with E-state index >= 15 is 0 Å². The lowest BCUT2D eigenvalue weighted by molar-refractivity contribution is -0.119. The number of rotatable bonds is 5. The third kappa shape index (κ3) is 4.18. The molecule has 0 bridgehead atoms. The lowest BCUT2D eigenvalue weighted by Crippen LogP contribution is -2.48. The van der Waals surface area contributed by atoms with Crippen molar-refractivity contribution in [2.75, 3.05) is 19.8 Å². The van der Waals surface area contributed by atoms with E-state index in [9.17, 15) is 4.79 Å². The van der Waals surface area contributed by atoms with Crippen molar-refractivity contribution >= 4 is 5.91 Å². The van der Waals surface area contributed by atoms with Gasteiger partial charge in [0.1, 0.15) is 0 Å². The smallest absolute Gasteiger partial charge is 0.219 e. The van der Waals surface area contributed by atoms with E-state index in [4.69, 9.17) is 10.5 Å². The normalized spacial score (nSPS) is 27.3. The van der Waals surface area contributed by atoms with Crippen LogP contribution < -0.4 is 11.1 Å². The molecule has 0 saturated carbocycles. The number of carbonyl (C=O) groups excluding carboxylic acids is 1. The molecule has 1 rings (SSSR count). The van der Waals surface area contributed by atoms with Crippen LogP contribution in [-0.2, 0) is 9.53 Å². The van der Waals surface area contributed by atoms with Crippen LogP contribution in [0.2, 0.25) is 0 Å². The number of amides is 1. The van der Waals surface area contributed by atoms with Crippen LogP contribution in [-0.4, -0.2) is 31.2 Å². The van der Waals surface area contributed by atoms with Gasteiger partial charge in [-0.2, -0.15) is 0 Å². The summed E-state index contributed by atoms with van der Waals surface area (Å²) in [5.41, 5.74) is 5.20. The molecule has 1 fully saturated rings. The molecule has 88 valence electrons. The summed E-state index contributed by atoms with van der Waals surface area (Å²) >= 11 is 0. The lowest BCUT2D eigenvalue weighted by Gasteiger charge is -2.32. The highest BCUT2D eigenvalue weighted by Gasteiger charge is 2.31. The van der Waals surface area contributed by atoms with Crippen LogP contribution in [0.4, 0.5) is 0 Å². The number of nitrogens with two attached hydrogens (primary N) is 1. The Morgan fingerprint density at radius 2 is 2.27 bits per heavy atom. The molecule has 1 heterocycles. The molecule has 15 heavy (non-hydrogen) atoms. The van der Waals surface area contributed by atoms with Crippen molar-refractivity contribution in [2.24, 2.45) is 5.73 Å². The van der Waals surface area contributed by atoms with Crippen molar-refractivity contribution in [2.45, 2.75) is 44.6 Å². The van der Waals surface area contributed by atoms with Gasteiger partial charge in [-0.25, -0.2) is 0 Å². The quantitative estimate of drug-likeness (QED) is 0.711. The first-order valence-electron chi connectivity index (χ1n) is 5.80. The predicted molar refractivity (Wildman–Crippen MR) is 59.5 cm³/mol. The minimum absolute atomic E-state index is 0.113. The van der Waals surface area contributed by atoms with Crippen molar-refractivity contribution < 1.29 is 9.53 Å². The van der Waals surface area contributed by atoms with Gasteiger partial charge in [0.25, 0.3) is 0 Å². The molecule has 0 spiro atoms. The maximum absolute atomic E-state index is 11.1. The fourth-order valence-electron chi connectivity index (χ4n) is 2.15. The number of primary amides is 1. The molecule has 0 radical (unpaired) electrons. The van der Waals surface area contributed by atoms with Crippen molar-refractivity contribution in [3.05, 3.63) is 0 Å². The lowest BCUT2D eigenvalue weighted by atomic mass is 9.86. The highest BCUT2D eigenvalue weighted by atomic mass is 16.5. The van der Waals surface area contributed by atoms with Crippen LogP contribution in [0, 0.1) is 0 Å². The monoisotopic (exact) mass is 214 g/mol. The van der Waals surface area contributed by atoms with Crippen molar-refractivity contribution in [1.29, 1.82) is 0 Å². The summed E-state index contributed by atoms with van der Waals surface area (Å²) in [6.07, 6.45) is 4.37. The maximum Gasteiger partial charge on any atom is 0.219 e. The third-order valence-electron chi connectivity index (χ3n) is 2.93. The Balaban J connectivity index is 2.59. The van der Waals surface area contributed by atoms with Gasteiger partial charge in [0, 0.05) is 25.2 Å². The Bertz CT molecular complexity index is 199. The summed E-state index contributed by atoms with van der Waals surface area (Å²) in [4.78, 5) is 11.1. The van der Waals surface area contributed by atoms with E-state index in [-0.39, 0.29) is 11.4 Å². The zero-order chi connectivity index (χ0) is 11.1. The number of carbonyl (C=O) groups is 1. The van der Waals surface area contributed by atoms with Crippen molar-refractivity contribution in [3.63, 3.8) is 0 Å². The van der Waals surface area contributed by atoms with Crippen LogP contribution in [0.3, 0.4) is 0 Å². The van der Waals surface area contributed by atoms with Gasteiger partial charge < -0.3 is 15.8 Å². The highest BCUT2D eigenvalue weighted by Crippen LogP contribution is 2.24. The molecular weight excluding hydrogens is 192 g/mol. The second-order valence-corrected chi connectivity index (χ2v) is 4.32. The Morgan fingerprint density at radius 3 is 2.93 bits per heavy atom. The summed E-state index contributed by atoms with van der Waals surface area (Å²) in [6, 6.07) is 0. The SMILES string of the molecule is CCCNC1(CC(N)=O)CCCOCC1. The van der Waals surface area contributed by atoms with E-state index in [0.29, 0.717) is 6.42 Å². The summed E-state index contributed by atoms with van der Waals surface area (Å²) < 4.78 is 5.42. The molecule has 1 saturated heterocycles. The maximum atomic E-state index is 11.1. The Hall–Kier alpha value is -0.610. The highest BCUT2D eigenvalue weighted by molar-refractivity contribution is 5.75. The number of hydrogen-bond acceptors (Lipinski definition) is 3. The Morgan fingerprint density at radius 1 is 1.47 bits per heavy atom. The molecule has 1 aliphatic rings. The first kappa shape index (κ1) is 12.5. The van der Waals surface area contributed by atoms with E-state index in [1.54, 1.807) is 0 Å². The Kier molecular flexibility index (Phi) is 5.05. The van der Waals surface area contributed by atoms with E-state index < -0.39 is 0 Å². The zero-order valence-electron chi connectivity index (χ0n) is 9.55. The fraction of sp³-hybridized carbons (Fsp3) is 0.909. The average molecular weight is 214 g/mol.